The highest BCUT2D eigenvalue weighted by Gasteiger charge is 2.28. The van der Waals surface area contributed by atoms with Crippen molar-refractivity contribution in [2.45, 2.75) is 39.2 Å². The third kappa shape index (κ3) is 4.20. The summed E-state index contributed by atoms with van der Waals surface area (Å²) in [5.41, 5.74) is 1.04. The highest BCUT2D eigenvalue weighted by molar-refractivity contribution is 14.1. The van der Waals surface area contributed by atoms with Crippen molar-refractivity contribution >= 4 is 38.5 Å². The summed E-state index contributed by atoms with van der Waals surface area (Å²) in [6.07, 6.45) is 2.37. The van der Waals surface area contributed by atoms with Gasteiger partial charge in [-0.05, 0) is 24.5 Å². The lowest BCUT2D eigenvalue weighted by molar-refractivity contribution is -0.0355. The standard InChI is InChI=1S/C15H22BrIO/c1-4-12(5-2)10-18-15(3,11-17)13-8-6-7-9-14(13)16/h6-9,12H,4-5,10-11H2,1-3H3. The average Bonchev–Trinajstić information content (AvgIpc) is 2.40. The zero-order valence-corrected chi connectivity index (χ0v) is 15.1. The minimum Gasteiger partial charge on any atom is -0.369 e. The topological polar surface area (TPSA) is 9.23 Å². The van der Waals surface area contributed by atoms with Crippen LogP contribution in [0.3, 0.4) is 0 Å². The van der Waals surface area contributed by atoms with Crippen LogP contribution in [-0.2, 0) is 10.3 Å². The van der Waals surface area contributed by atoms with Gasteiger partial charge in [0.25, 0.3) is 0 Å². The molecule has 0 aliphatic rings. The fourth-order valence-electron chi connectivity index (χ4n) is 1.90. The molecule has 1 aromatic carbocycles. The lowest BCUT2D eigenvalue weighted by atomic mass is 9.97. The van der Waals surface area contributed by atoms with Crippen LogP contribution in [0.25, 0.3) is 0 Å². The van der Waals surface area contributed by atoms with Gasteiger partial charge < -0.3 is 4.74 Å². The summed E-state index contributed by atoms with van der Waals surface area (Å²) in [4.78, 5) is 0. The first kappa shape index (κ1) is 16.4. The quantitative estimate of drug-likeness (QED) is 0.411. The van der Waals surface area contributed by atoms with E-state index in [9.17, 15) is 0 Å². The first-order chi connectivity index (χ1) is 8.57. The fraction of sp³-hybridized carbons (Fsp3) is 0.600. The van der Waals surface area contributed by atoms with Gasteiger partial charge in [-0.3, -0.25) is 0 Å². The van der Waals surface area contributed by atoms with E-state index in [1.165, 1.54) is 18.4 Å². The van der Waals surface area contributed by atoms with Crippen molar-refractivity contribution in [2.75, 3.05) is 11.0 Å². The molecule has 1 unspecified atom stereocenters. The molecule has 3 heteroatoms. The maximum absolute atomic E-state index is 6.25. The molecule has 0 aliphatic carbocycles. The Hall–Kier alpha value is 0.390. The maximum Gasteiger partial charge on any atom is 0.100 e. The summed E-state index contributed by atoms with van der Waals surface area (Å²) in [6, 6.07) is 8.35. The minimum absolute atomic E-state index is 0.205. The zero-order chi connectivity index (χ0) is 13.6. The van der Waals surface area contributed by atoms with Gasteiger partial charge in [0.15, 0.2) is 0 Å². The van der Waals surface area contributed by atoms with Crippen LogP contribution in [0.1, 0.15) is 39.2 Å². The molecular weight excluding hydrogens is 403 g/mol. The van der Waals surface area contributed by atoms with Crippen molar-refractivity contribution in [1.82, 2.24) is 0 Å². The highest BCUT2D eigenvalue weighted by atomic mass is 127. The third-order valence-electron chi connectivity index (χ3n) is 3.49. The van der Waals surface area contributed by atoms with Gasteiger partial charge in [-0.1, -0.05) is 83.4 Å². The molecule has 0 aromatic heterocycles. The molecule has 1 atom stereocenters. The summed E-state index contributed by atoms with van der Waals surface area (Å²) in [5.74, 6) is 0.662. The van der Waals surface area contributed by atoms with Gasteiger partial charge in [0.2, 0.25) is 0 Å². The molecule has 0 aliphatic heterocycles. The van der Waals surface area contributed by atoms with Crippen molar-refractivity contribution < 1.29 is 4.74 Å². The molecule has 0 N–H and O–H groups in total. The summed E-state index contributed by atoms with van der Waals surface area (Å²) in [7, 11) is 0. The zero-order valence-electron chi connectivity index (χ0n) is 11.4. The van der Waals surface area contributed by atoms with Crippen LogP contribution in [0.15, 0.2) is 28.7 Å². The summed E-state index contributed by atoms with van der Waals surface area (Å²) < 4.78 is 8.34. The van der Waals surface area contributed by atoms with Gasteiger partial charge in [0.05, 0.1) is 6.61 Å². The van der Waals surface area contributed by atoms with E-state index in [0.29, 0.717) is 5.92 Å². The Kier molecular flexibility index (Phi) is 7.17. The van der Waals surface area contributed by atoms with Gasteiger partial charge in [-0.25, -0.2) is 0 Å². The van der Waals surface area contributed by atoms with Crippen LogP contribution in [-0.4, -0.2) is 11.0 Å². The van der Waals surface area contributed by atoms with Crippen molar-refractivity contribution in [3.8, 4) is 0 Å². The van der Waals surface area contributed by atoms with E-state index >= 15 is 0 Å². The minimum atomic E-state index is -0.205. The number of alkyl halides is 1. The van der Waals surface area contributed by atoms with Crippen LogP contribution in [0.4, 0.5) is 0 Å². The lowest BCUT2D eigenvalue weighted by Gasteiger charge is -2.31. The molecule has 0 heterocycles. The van der Waals surface area contributed by atoms with E-state index in [1.54, 1.807) is 0 Å². The predicted octanol–water partition coefficient (Wildman–Crippen LogP) is 5.55. The van der Waals surface area contributed by atoms with Crippen molar-refractivity contribution in [3.05, 3.63) is 34.3 Å². The van der Waals surface area contributed by atoms with Crippen molar-refractivity contribution in [3.63, 3.8) is 0 Å². The summed E-state index contributed by atoms with van der Waals surface area (Å²) >= 11 is 6.04. The van der Waals surface area contributed by atoms with Gasteiger partial charge >= 0.3 is 0 Å². The van der Waals surface area contributed by atoms with Crippen LogP contribution < -0.4 is 0 Å². The lowest BCUT2D eigenvalue weighted by Crippen LogP contribution is -2.30. The normalized spacial score (nSPS) is 14.8. The van der Waals surface area contributed by atoms with Crippen LogP contribution >= 0.6 is 38.5 Å². The van der Waals surface area contributed by atoms with E-state index in [4.69, 9.17) is 4.74 Å². The van der Waals surface area contributed by atoms with Crippen LogP contribution in [0.2, 0.25) is 0 Å². The molecule has 0 bridgehead atoms. The molecule has 102 valence electrons. The molecule has 1 nitrogen and oxygen atoms in total. The number of hydrogen-bond donors (Lipinski definition) is 0. The largest absolute Gasteiger partial charge is 0.369 e. The number of halogens is 2. The van der Waals surface area contributed by atoms with Crippen LogP contribution in [0.5, 0.6) is 0 Å². The van der Waals surface area contributed by atoms with Crippen molar-refractivity contribution in [1.29, 1.82) is 0 Å². The number of benzene rings is 1. The molecular formula is C15H22BrIO. The molecule has 0 fully saturated rings. The van der Waals surface area contributed by atoms with Crippen molar-refractivity contribution in [2.24, 2.45) is 5.92 Å². The van der Waals surface area contributed by atoms with Crippen LogP contribution in [0, 0.1) is 5.92 Å². The second kappa shape index (κ2) is 7.85. The SMILES string of the molecule is CCC(CC)COC(C)(CI)c1ccccc1Br. The number of rotatable bonds is 7. The van der Waals surface area contributed by atoms with E-state index in [0.717, 1.165) is 15.5 Å². The molecule has 1 aromatic rings. The second-order valence-corrected chi connectivity index (χ2v) is 6.45. The maximum atomic E-state index is 6.25. The Balaban J connectivity index is 2.83. The molecule has 18 heavy (non-hydrogen) atoms. The number of hydrogen-bond acceptors (Lipinski definition) is 1. The van der Waals surface area contributed by atoms with Gasteiger partial charge in [-0.2, -0.15) is 0 Å². The molecule has 0 saturated heterocycles. The molecule has 0 amide bonds. The Morgan fingerprint density at radius 1 is 1.28 bits per heavy atom. The first-order valence-electron chi connectivity index (χ1n) is 6.52. The Morgan fingerprint density at radius 3 is 2.39 bits per heavy atom. The van der Waals surface area contributed by atoms with Gasteiger partial charge in [0, 0.05) is 8.90 Å². The number of ether oxygens (including phenoxy) is 1. The smallest absolute Gasteiger partial charge is 0.100 e. The fourth-order valence-corrected chi connectivity index (χ4v) is 3.24. The molecule has 0 spiro atoms. The summed E-state index contributed by atoms with van der Waals surface area (Å²) in [5, 5.41) is 0. The highest BCUT2D eigenvalue weighted by Crippen LogP contribution is 2.34. The average molecular weight is 425 g/mol. The Bertz CT molecular complexity index is 365. The first-order valence-corrected chi connectivity index (χ1v) is 8.84. The van der Waals surface area contributed by atoms with E-state index in [-0.39, 0.29) is 5.60 Å². The van der Waals surface area contributed by atoms with Gasteiger partial charge in [0.1, 0.15) is 5.60 Å². The van der Waals surface area contributed by atoms with E-state index in [2.05, 4.69) is 77.5 Å². The van der Waals surface area contributed by atoms with Gasteiger partial charge in [-0.15, -0.1) is 0 Å². The Morgan fingerprint density at radius 2 is 1.89 bits per heavy atom. The molecule has 1 rings (SSSR count). The molecule has 0 radical (unpaired) electrons. The second-order valence-electron chi connectivity index (χ2n) is 4.84. The third-order valence-corrected chi connectivity index (χ3v) is 5.64. The molecule has 0 saturated carbocycles. The summed E-state index contributed by atoms with van der Waals surface area (Å²) in [6.45, 7) is 7.49. The predicted molar refractivity (Wildman–Crippen MR) is 90.4 cm³/mol. The Labute approximate surface area is 133 Å². The van der Waals surface area contributed by atoms with E-state index < -0.39 is 0 Å². The monoisotopic (exact) mass is 424 g/mol. The van der Waals surface area contributed by atoms with E-state index in [1.807, 2.05) is 6.07 Å².